The number of hydrogen-bond donors (Lipinski definition) is 3. The fourth-order valence-electron chi connectivity index (χ4n) is 0.716. The van der Waals surface area contributed by atoms with Crippen molar-refractivity contribution in [2.24, 2.45) is 0 Å². The summed E-state index contributed by atoms with van der Waals surface area (Å²) in [6.45, 7) is 0. The van der Waals surface area contributed by atoms with Crippen molar-refractivity contribution < 1.29 is 10.3 Å². The Morgan fingerprint density at radius 2 is 2.27 bits per heavy atom. The van der Waals surface area contributed by atoms with Crippen LogP contribution in [0.3, 0.4) is 0 Å². The van der Waals surface area contributed by atoms with Crippen molar-refractivity contribution in [3.63, 3.8) is 0 Å². The van der Waals surface area contributed by atoms with Crippen LogP contribution in [0, 0.1) is 5.41 Å². The molecule has 11 heavy (non-hydrogen) atoms. The van der Waals surface area contributed by atoms with Gasteiger partial charge in [-0.3, -0.25) is 21.2 Å². The Morgan fingerprint density at radius 1 is 1.55 bits per heavy atom. The first-order chi connectivity index (χ1) is 5.24. The first kappa shape index (κ1) is 7.56. The van der Waals surface area contributed by atoms with Crippen LogP contribution >= 0.6 is 0 Å². The van der Waals surface area contributed by atoms with Gasteiger partial charge in [-0.25, -0.2) is 0 Å². The zero-order chi connectivity index (χ0) is 8.27. The SMILES string of the molecule is N=C(NO)c1cccc([O])c1. The molecule has 4 heteroatoms. The molecule has 57 valence electrons. The lowest BCUT2D eigenvalue weighted by molar-refractivity contribution is 0.234. The summed E-state index contributed by atoms with van der Waals surface area (Å²) in [5, 5.41) is 26.1. The van der Waals surface area contributed by atoms with E-state index < -0.39 is 0 Å². The maximum Gasteiger partial charge on any atom is 0.179 e. The van der Waals surface area contributed by atoms with Gasteiger partial charge in [0.2, 0.25) is 0 Å². The van der Waals surface area contributed by atoms with Gasteiger partial charge in [-0.1, -0.05) is 12.1 Å². The number of amidine groups is 1. The zero-order valence-corrected chi connectivity index (χ0v) is 5.66. The van der Waals surface area contributed by atoms with Crippen LogP contribution in [0.15, 0.2) is 24.3 Å². The predicted octanol–water partition coefficient (Wildman–Crippen LogP) is 1.13. The van der Waals surface area contributed by atoms with Gasteiger partial charge in [0.05, 0.1) is 0 Å². The second kappa shape index (κ2) is 3.03. The molecule has 1 radical (unpaired) electrons. The van der Waals surface area contributed by atoms with E-state index in [1.165, 1.54) is 18.2 Å². The largest absolute Gasteiger partial charge is 0.290 e. The van der Waals surface area contributed by atoms with Gasteiger partial charge in [-0.2, -0.15) is 0 Å². The molecule has 0 saturated carbocycles. The Balaban J connectivity index is 2.96. The van der Waals surface area contributed by atoms with Crippen molar-refractivity contribution in [2.75, 3.05) is 0 Å². The van der Waals surface area contributed by atoms with E-state index in [-0.39, 0.29) is 11.6 Å². The second-order valence-electron chi connectivity index (χ2n) is 2.01. The summed E-state index contributed by atoms with van der Waals surface area (Å²) < 4.78 is 0. The first-order valence-corrected chi connectivity index (χ1v) is 3.00. The van der Waals surface area contributed by atoms with Crippen LogP contribution < -0.4 is 5.48 Å². The van der Waals surface area contributed by atoms with Crippen molar-refractivity contribution in [1.29, 1.82) is 5.41 Å². The summed E-state index contributed by atoms with van der Waals surface area (Å²) >= 11 is 0. The van der Waals surface area contributed by atoms with Crippen molar-refractivity contribution in [3.05, 3.63) is 29.8 Å². The van der Waals surface area contributed by atoms with E-state index in [1.54, 1.807) is 11.5 Å². The van der Waals surface area contributed by atoms with Gasteiger partial charge in [-0.15, -0.1) is 0 Å². The minimum absolute atomic E-state index is 0.178. The molecule has 0 aliphatic heterocycles. The van der Waals surface area contributed by atoms with Crippen LogP contribution in [0.1, 0.15) is 5.56 Å². The Bertz CT molecular complexity index is 273. The number of hydrogen-bond acceptors (Lipinski definition) is 2. The van der Waals surface area contributed by atoms with Crippen molar-refractivity contribution in [3.8, 4) is 5.75 Å². The van der Waals surface area contributed by atoms with E-state index in [9.17, 15) is 5.11 Å². The third-order valence-corrected chi connectivity index (χ3v) is 1.23. The van der Waals surface area contributed by atoms with Gasteiger partial charge in [-0.05, 0) is 12.1 Å². The maximum atomic E-state index is 10.7. The smallest absolute Gasteiger partial charge is 0.179 e. The summed E-state index contributed by atoms with van der Waals surface area (Å²) in [5.74, 6) is -0.356. The summed E-state index contributed by atoms with van der Waals surface area (Å²) in [7, 11) is 0. The van der Waals surface area contributed by atoms with Crippen LogP contribution in [0.2, 0.25) is 0 Å². The van der Waals surface area contributed by atoms with Gasteiger partial charge < -0.3 is 0 Å². The van der Waals surface area contributed by atoms with E-state index in [4.69, 9.17) is 10.6 Å². The summed E-state index contributed by atoms with van der Waals surface area (Å²) in [5.41, 5.74) is 2.03. The van der Waals surface area contributed by atoms with Gasteiger partial charge in [0.25, 0.3) is 0 Å². The number of rotatable bonds is 1. The highest BCUT2D eigenvalue weighted by molar-refractivity contribution is 5.95. The average Bonchev–Trinajstić information content (AvgIpc) is 2.03. The second-order valence-corrected chi connectivity index (χ2v) is 2.01. The molecule has 0 aliphatic carbocycles. The molecular weight excluding hydrogens is 144 g/mol. The Labute approximate surface area is 63.6 Å². The van der Waals surface area contributed by atoms with E-state index >= 15 is 0 Å². The highest BCUT2D eigenvalue weighted by atomic mass is 16.5. The average molecular weight is 151 g/mol. The lowest BCUT2D eigenvalue weighted by Crippen LogP contribution is -2.18. The van der Waals surface area contributed by atoms with Crippen LogP contribution in [-0.2, 0) is 5.11 Å². The highest BCUT2D eigenvalue weighted by Crippen LogP contribution is 2.10. The predicted molar refractivity (Wildman–Crippen MR) is 38.3 cm³/mol. The number of nitrogens with one attached hydrogen (secondary N) is 2. The summed E-state index contributed by atoms with van der Waals surface area (Å²) in [6.07, 6.45) is 0. The molecule has 0 spiro atoms. The third-order valence-electron chi connectivity index (χ3n) is 1.23. The minimum atomic E-state index is -0.178. The van der Waals surface area contributed by atoms with Crippen molar-refractivity contribution in [1.82, 2.24) is 5.48 Å². The topological polar surface area (TPSA) is 76.0 Å². The standard InChI is InChI=1S/C7H7N2O2/c8-7(9-11)5-2-1-3-6(10)4-5/h1-4,11H,(H2,8,9). The molecule has 0 bridgehead atoms. The van der Waals surface area contributed by atoms with Crippen molar-refractivity contribution in [2.45, 2.75) is 0 Å². The fourth-order valence-corrected chi connectivity index (χ4v) is 0.716. The number of benzene rings is 1. The molecule has 0 atom stereocenters. The first-order valence-electron chi connectivity index (χ1n) is 3.00. The monoisotopic (exact) mass is 151 g/mol. The van der Waals surface area contributed by atoms with Crippen molar-refractivity contribution >= 4 is 5.84 Å². The molecule has 0 fully saturated rings. The van der Waals surface area contributed by atoms with E-state index in [2.05, 4.69) is 0 Å². The molecule has 0 saturated heterocycles. The Morgan fingerprint density at radius 3 is 2.82 bits per heavy atom. The van der Waals surface area contributed by atoms with Gasteiger partial charge in [0.1, 0.15) is 5.84 Å². The minimum Gasteiger partial charge on any atom is -0.290 e. The van der Waals surface area contributed by atoms with Crippen LogP contribution in [0.4, 0.5) is 0 Å². The molecule has 0 aromatic heterocycles. The maximum absolute atomic E-state index is 10.7. The van der Waals surface area contributed by atoms with Crippen LogP contribution in [0.25, 0.3) is 0 Å². The third kappa shape index (κ3) is 1.68. The quantitative estimate of drug-likeness (QED) is 0.319. The van der Waals surface area contributed by atoms with E-state index in [1.807, 2.05) is 0 Å². The number of hydroxylamine groups is 1. The normalized spacial score (nSPS) is 9.18. The lowest BCUT2D eigenvalue weighted by Gasteiger charge is -1.99. The zero-order valence-electron chi connectivity index (χ0n) is 5.66. The van der Waals surface area contributed by atoms with Gasteiger partial charge in [0, 0.05) is 5.56 Å². The fraction of sp³-hybridized carbons (Fsp3) is 0. The van der Waals surface area contributed by atoms with E-state index in [0.29, 0.717) is 5.56 Å². The van der Waals surface area contributed by atoms with Gasteiger partial charge in [0.15, 0.2) is 5.75 Å². The molecule has 3 N–H and O–H groups in total. The molecule has 0 amide bonds. The van der Waals surface area contributed by atoms with Crippen LogP contribution in [-0.4, -0.2) is 11.0 Å². The Hall–Kier alpha value is -1.55. The molecular formula is C7H7N2O2. The molecule has 0 aliphatic rings. The molecule has 4 nitrogen and oxygen atoms in total. The van der Waals surface area contributed by atoms with Gasteiger partial charge >= 0.3 is 0 Å². The lowest BCUT2D eigenvalue weighted by atomic mass is 10.2. The molecule has 0 unspecified atom stereocenters. The Kier molecular flexibility index (Phi) is 2.08. The summed E-state index contributed by atoms with van der Waals surface area (Å²) in [4.78, 5) is 0. The summed E-state index contributed by atoms with van der Waals surface area (Å²) in [6, 6.07) is 5.75. The highest BCUT2D eigenvalue weighted by Gasteiger charge is 1.99. The van der Waals surface area contributed by atoms with E-state index in [0.717, 1.165) is 0 Å². The molecule has 1 aromatic rings. The van der Waals surface area contributed by atoms with Crippen LogP contribution in [0.5, 0.6) is 5.75 Å². The molecule has 1 aromatic carbocycles. The molecule has 0 heterocycles. The molecule has 1 rings (SSSR count).